The molecule has 3 heteroatoms. The highest BCUT2D eigenvalue weighted by Gasteiger charge is 2.12. The summed E-state index contributed by atoms with van der Waals surface area (Å²) in [7, 11) is 0. The van der Waals surface area contributed by atoms with Crippen LogP contribution in [0.1, 0.15) is 32.1 Å². The van der Waals surface area contributed by atoms with E-state index < -0.39 is 0 Å². The van der Waals surface area contributed by atoms with Crippen molar-refractivity contribution in [1.82, 2.24) is 5.32 Å². The largest absolute Gasteiger partial charge is 0.377 e. The maximum Gasteiger partial charge on any atom is 0.0841 e. The maximum atomic E-state index is 8.26. The minimum atomic E-state index is 0.425. The lowest BCUT2D eigenvalue weighted by Crippen LogP contribution is -2.24. The Balaban J connectivity index is 1.90. The van der Waals surface area contributed by atoms with E-state index in [1.165, 1.54) is 32.1 Å². The second-order valence-corrected chi connectivity index (χ2v) is 3.47. The summed E-state index contributed by atoms with van der Waals surface area (Å²) in [5.74, 6) is 0. The summed E-state index contributed by atoms with van der Waals surface area (Å²) < 4.78 is 5.66. The van der Waals surface area contributed by atoms with Gasteiger partial charge >= 0.3 is 0 Å². The first kappa shape index (κ1) is 10.5. The average molecular weight is 182 g/mol. The molecule has 0 atom stereocenters. The fourth-order valence-electron chi connectivity index (χ4n) is 1.67. The fourth-order valence-corrected chi connectivity index (χ4v) is 1.67. The van der Waals surface area contributed by atoms with Crippen molar-refractivity contribution in [3.63, 3.8) is 0 Å². The van der Waals surface area contributed by atoms with Gasteiger partial charge in [-0.1, -0.05) is 19.3 Å². The van der Waals surface area contributed by atoms with Crippen LogP contribution in [0.4, 0.5) is 0 Å². The molecular weight excluding hydrogens is 164 g/mol. The zero-order chi connectivity index (χ0) is 9.36. The third-order valence-corrected chi connectivity index (χ3v) is 2.39. The van der Waals surface area contributed by atoms with Crippen LogP contribution in [0.15, 0.2) is 0 Å². The fraction of sp³-hybridized carbons (Fsp3) is 0.900. The van der Waals surface area contributed by atoms with E-state index >= 15 is 0 Å². The molecule has 0 aromatic carbocycles. The number of nitriles is 1. The summed E-state index contributed by atoms with van der Waals surface area (Å²) in [6.45, 7) is 1.96. The predicted octanol–water partition coefficient (Wildman–Crippen LogP) is 1.45. The van der Waals surface area contributed by atoms with Gasteiger partial charge in [-0.05, 0) is 12.8 Å². The van der Waals surface area contributed by atoms with Crippen molar-refractivity contribution >= 4 is 0 Å². The molecule has 0 unspecified atom stereocenters. The van der Waals surface area contributed by atoms with Gasteiger partial charge in [0.1, 0.15) is 0 Å². The van der Waals surface area contributed by atoms with Crippen LogP contribution in [-0.4, -0.2) is 25.8 Å². The van der Waals surface area contributed by atoms with Crippen molar-refractivity contribution in [2.75, 3.05) is 19.7 Å². The van der Waals surface area contributed by atoms with E-state index in [0.29, 0.717) is 12.6 Å². The van der Waals surface area contributed by atoms with Gasteiger partial charge in [0.25, 0.3) is 0 Å². The standard InChI is InChI=1S/C10H18N2O/c11-6-7-12-8-9-13-10-4-2-1-3-5-10/h10,12H,1-5,7-9H2. The van der Waals surface area contributed by atoms with Crippen LogP contribution in [0, 0.1) is 11.3 Å². The number of hydrogen-bond acceptors (Lipinski definition) is 3. The zero-order valence-corrected chi connectivity index (χ0v) is 8.09. The number of hydrogen-bond donors (Lipinski definition) is 1. The molecule has 3 nitrogen and oxygen atoms in total. The summed E-state index contributed by atoms with van der Waals surface area (Å²) in [6, 6.07) is 2.04. The predicted molar refractivity (Wildman–Crippen MR) is 51.3 cm³/mol. The molecule has 0 spiro atoms. The lowest BCUT2D eigenvalue weighted by Gasteiger charge is -2.21. The van der Waals surface area contributed by atoms with Crippen molar-refractivity contribution in [3.05, 3.63) is 0 Å². The maximum absolute atomic E-state index is 8.26. The monoisotopic (exact) mass is 182 g/mol. The van der Waals surface area contributed by atoms with Crippen LogP contribution in [0.3, 0.4) is 0 Å². The second-order valence-electron chi connectivity index (χ2n) is 3.47. The summed E-state index contributed by atoms with van der Waals surface area (Å²) in [6.07, 6.45) is 6.92. The first-order valence-electron chi connectivity index (χ1n) is 5.13. The minimum Gasteiger partial charge on any atom is -0.377 e. The molecule has 0 bridgehead atoms. The SMILES string of the molecule is N#CCNCCOC1CCCCC1. The van der Waals surface area contributed by atoms with Gasteiger partial charge < -0.3 is 10.1 Å². The van der Waals surface area contributed by atoms with Crippen molar-refractivity contribution in [2.24, 2.45) is 0 Å². The molecule has 74 valence electrons. The summed E-state index contributed by atoms with van der Waals surface area (Å²) in [5.41, 5.74) is 0. The third-order valence-electron chi connectivity index (χ3n) is 2.39. The zero-order valence-electron chi connectivity index (χ0n) is 8.09. The molecule has 0 aromatic rings. The van der Waals surface area contributed by atoms with E-state index in [4.69, 9.17) is 10.00 Å². The van der Waals surface area contributed by atoms with Crippen LogP contribution < -0.4 is 5.32 Å². The second kappa shape index (κ2) is 6.88. The number of nitrogens with zero attached hydrogens (tertiary/aromatic N) is 1. The molecule has 1 rings (SSSR count). The molecule has 0 heterocycles. The molecule has 1 N–H and O–H groups in total. The Morgan fingerprint density at radius 3 is 2.77 bits per heavy atom. The van der Waals surface area contributed by atoms with Gasteiger partial charge in [-0.2, -0.15) is 5.26 Å². The van der Waals surface area contributed by atoms with Gasteiger partial charge in [-0.15, -0.1) is 0 Å². The van der Waals surface area contributed by atoms with Gasteiger partial charge in [0.05, 0.1) is 25.3 Å². The lowest BCUT2D eigenvalue weighted by atomic mass is 9.98. The highest BCUT2D eigenvalue weighted by molar-refractivity contribution is 4.72. The van der Waals surface area contributed by atoms with E-state index in [1.54, 1.807) is 0 Å². The van der Waals surface area contributed by atoms with Crippen LogP contribution in [-0.2, 0) is 4.74 Å². The van der Waals surface area contributed by atoms with Crippen molar-refractivity contribution in [2.45, 2.75) is 38.2 Å². The Morgan fingerprint density at radius 1 is 1.31 bits per heavy atom. The summed E-state index contributed by atoms with van der Waals surface area (Å²) in [4.78, 5) is 0. The molecule has 1 saturated carbocycles. The number of ether oxygens (including phenoxy) is 1. The molecule has 13 heavy (non-hydrogen) atoms. The first-order valence-corrected chi connectivity index (χ1v) is 5.13. The molecule has 0 saturated heterocycles. The molecule has 1 aliphatic carbocycles. The van der Waals surface area contributed by atoms with Gasteiger partial charge in [0, 0.05) is 6.54 Å². The first-order chi connectivity index (χ1) is 6.43. The summed E-state index contributed by atoms with van der Waals surface area (Å²) in [5, 5.41) is 11.2. The van der Waals surface area contributed by atoms with Crippen molar-refractivity contribution in [3.8, 4) is 6.07 Å². The Labute approximate surface area is 80.1 Å². The van der Waals surface area contributed by atoms with E-state index in [0.717, 1.165) is 13.2 Å². The van der Waals surface area contributed by atoms with Crippen LogP contribution in [0.2, 0.25) is 0 Å². The molecule has 0 radical (unpaired) electrons. The Bertz CT molecular complexity index is 159. The minimum absolute atomic E-state index is 0.425. The Hall–Kier alpha value is -0.590. The van der Waals surface area contributed by atoms with E-state index in [-0.39, 0.29) is 0 Å². The van der Waals surface area contributed by atoms with Crippen LogP contribution >= 0.6 is 0 Å². The average Bonchev–Trinajstić information content (AvgIpc) is 2.19. The molecule has 0 aliphatic heterocycles. The quantitative estimate of drug-likeness (QED) is 0.517. The normalized spacial score (nSPS) is 18.4. The Kier molecular flexibility index (Phi) is 5.55. The van der Waals surface area contributed by atoms with E-state index in [9.17, 15) is 0 Å². The van der Waals surface area contributed by atoms with Crippen LogP contribution in [0.5, 0.6) is 0 Å². The molecule has 1 fully saturated rings. The number of rotatable bonds is 5. The van der Waals surface area contributed by atoms with Gasteiger partial charge in [-0.3, -0.25) is 0 Å². The Morgan fingerprint density at radius 2 is 2.08 bits per heavy atom. The van der Waals surface area contributed by atoms with Gasteiger partial charge in [-0.25, -0.2) is 0 Å². The van der Waals surface area contributed by atoms with E-state index in [1.807, 2.05) is 6.07 Å². The molecule has 1 aliphatic rings. The molecular formula is C10H18N2O. The lowest BCUT2D eigenvalue weighted by molar-refractivity contribution is 0.0307. The smallest absolute Gasteiger partial charge is 0.0841 e. The summed E-state index contributed by atoms with van der Waals surface area (Å²) >= 11 is 0. The van der Waals surface area contributed by atoms with Crippen molar-refractivity contribution in [1.29, 1.82) is 5.26 Å². The molecule has 0 amide bonds. The van der Waals surface area contributed by atoms with Gasteiger partial charge in [0.15, 0.2) is 0 Å². The molecule has 0 aromatic heterocycles. The van der Waals surface area contributed by atoms with Gasteiger partial charge in [0.2, 0.25) is 0 Å². The van der Waals surface area contributed by atoms with E-state index in [2.05, 4.69) is 5.32 Å². The number of nitrogens with one attached hydrogen (secondary N) is 1. The topological polar surface area (TPSA) is 45.0 Å². The highest BCUT2D eigenvalue weighted by Crippen LogP contribution is 2.19. The van der Waals surface area contributed by atoms with Crippen LogP contribution in [0.25, 0.3) is 0 Å². The van der Waals surface area contributed by atoms with Crippen molar-refractivity contribution < 1.29 is 4.74 Å². The third kappa shape index (κ3) is 4.87. The highest BCUT2D eigenvalue weighted by atomic mass is 16.5.